The molecule has 2 aromatic rings. The number of fused-ring (bicyclic) bond motifs is 1. The lowest BCUT2D eigenvalue weighted by Gasteiger charge is -2.29. The molecule has 0 bridgehead atoms. The van der Waals surface area contributed by atoms with Gasteiger partial charge in [0.15, 0.2) is 11.6 Å². The molecule has 1 fully saturated rings. The molecular formula is C20H20F4N4O3S. The number of carbonyl (C=O) groups is 1. The number of Topliss-reactive ketones (excluding diaryl/α,β-unsaturated/α-hetero) is 1. The van der Waals surface area contributed by atoms with E-state index < -0.39 is 69.5 Å². The van der Waals surface area contributed by atoms with Crippen molar-refractivity contribution in [1.29, 1.82) is 0 Å². The van der Waals surface area contributed by atoms with E-state index in [-0.39, 0.29) is 18.4 Å². The van der Waals surface area contributed by atoms with Gasteiger partial charge in [0.25, 0.3) is 0 Å². The van der Waals surface area contributed by atoms with Crippen molar-refractivity contribution < 1.29 is 30.8 Å². The van der Waals surface area contributed by atoms with E-state index >= 15 is 4.39 Å². The summed E-state index contributed by atoms with van der Waals surface area (Å²) in [5.74, 6) is -5.22. The molecule has 0 spiro atoms. The topological polar surface area (TPSA) is 105 Å². The molecule has 2 aromatic heterocycles. The van der Waals surface area contributed by atoms with Crippen LogP contribution in [0.4, 0.5) is 17.6 Å². The van der Waals surface area contributed by atoms with Crippen molar-refractivity contribution in [1.82, 2.24) is 19.7 Å². The van der Waals surface area contributed by atoms with Crippen molar-refractivity contribution in [2.45, 2.75) is 56.4 Å². The third kappa shape index (κ3) is 4.03. The highest BCUT2D eigenvalue weighted by Gasteiger charge is 2.41. The standard InChI is InChI=1S/C20H20F4N4O3S/c1-10-15-12(8-25-19(15)27-9-26-10)18(29)16-13(21)2-3-14(17(16)22)28-32(30,31)11-4-6-20(23,24)7-5-11/h3,8-9,11,13,28H,2,4-7H2,1H3,(H,25,26,27). The highest BCUT2D eigenvalue weighted by Crippen LogP contribution is 2.37. The number of nitrogens with zero attached hydrogens (tertiary/aromatic N) is 2. The summed E-state index contributed by atoms with van der Waals surface area (Å²) >= 11 is 0. The molecule has 2 heterocycles. The second-order valence-electron chi connectivity index (χ2n) is 7.97. The Balaban J connectivity index is 1.63. The molecule has 32 heavy (non-hydrogen) atoms. The lowest BCUT2D eigenvalue weighted by atomic mass is 9.92. The lowest BCUT2D eigenvalue weighted by Crippen LogP contribution is -2.39. The average molecular weight is 472 g/mol. The fourth-order valence-corrected chi connectivity index (χ4v) is 5.55. The van der Waals surface area contributed by atoms with Crippen LogP contribution < -0.4 is 4.72 Å². The predicted molar refractivity (Wildman–Crippen MR) is 108 cm³/mol. The fourth-order valence-electron chi connectivity index (χ4n) is 4.04. The molecule has 0 saturated heterocycles. The Morgan fingerprint density at radius 3 is 2.62 bits per heavy atom. The highest BCUT2D eigenvalue weighted by atomic mass is 32.2. The fraction of sp³-hybridized carbons (Fsp3) is 0.450. The van der Waals surface area contributed by atoms with Crippen LogP contribution in [-0.4, -0.2) is 46.5 Å². The Morgan fingerprint density at radius 2 is 1.94 bits per heavy atom. The minimum absolute atomic E-state index is 0.0375. The van der Waals surface area contributed by atoms with E-state index in [4.69, 9.17) is 0 Å². The molecule has 7 nitrogen and oxygen atoms in total. The molecule has 4 rings (SSSR count). The molecule has 0 aliphatic heterocycles. The Kier molecular flexibility index (Phi) is 5.60. The number of allylic oxidation sites excluding steroid dienone is 3. The van der Waals surface area contributed by atoms with E-state index in [0.29, 0.717) is 16.7 Å². The number of alkyl halides is 3. The quantitative estimate of drug-likeness (QED) is 0.509. The van der Waals surface area contributed by atoms with E-state index in [9.17, 15) is 26.4 Å². The van der Waals surface area contributed by atoms with Crippen LogP contribution >= 0.6 is 0 Å². The Labute approximate surface area is 181 Å². The van der Waals surface area contributed by atoms with Crippen LogP contribution in [0.1, 0.15) is 48.2 Å². The summed E-state index contributed by atoms with van der Waals surface area (Å²) < 4.78 is 83.8. The SMILES string of the molecule is Cc1ncnc2[nH]cc(C(=O)C3=C(F)C(NS(=O)(=O)C4CCC(F)(F)CC4)=CCC3F)c12. The van der Waals surface area contributed by atoms with Crippen molar-refractivity contribution in [2.75, 3.05) is 0 Å². The van der Waals surface area contributed by atoms with Crippen LogP contribution in [0.3, 0.4) is 0 Å². The van der Waals surface area contributed by atoms with Gasteiger partial charge in [-0.25, -0.2) is 35.9 Å². The van der Waals surface area contributed by atoms with Crippen LogP contribution in [0.15, 0.2) is 35.7 Å². The maximum Gasteiger partial charge on any atom is 0.248 e. The molecular weight excluding hydrogens is 452 g/mol. The van der Waals surface area contributed by atoms with Gasteiger partial charge >= 0.3 is 0 Å². The van der Waals surface area contributed by atoms with Gasteiger partial charge in [-0.2, -0.15) is 0 Å². The molecule has 2 aliphatic carbocycles. The monoisotopic (exact) mass is 472 g/mol. The van der Waals surface area contributed by atoms with Crippen molar-refractivity contribution in [3.05, 3.63) is 47.0 Å². The summed E-state index contributed by atoms with van der Waals surface area (Å²) in [6.45, 7) is 1.61. The summed E-state index contributed by atoms with van der Waals surface area (Å²) in [6.07, 6.45) is -0.604. The summed E-state index contributed by atoms with van der Waals surface area (Å²) in [5, 5.41) is -0.823. The van der Waals surface area contributed by atoms with E-state index in [2.05, 4.69) is 15.0 Å². The molecule has 1 unspecified atom stereocenters. The second-order valence-corrected chi connectivity index (χ2v) is 9.93. The van der Waals surface area contributed by atoms with Crippen molar-refractivity contribution in [2.24, 2.45) is 0 Å². The van der Waals surface area contributed by atoms with Gasteiger partial charge in [0, 0.05) is 25.5 Å². The summed E-state index contributed by atoms with van der Waals surface area (Å²) in [5.41, 5.74) is -0.669. The number of aromatic amines is 1. The molecule has 172 valence electrons. The number of aromatic nitrogens is 3. The number of hydrogen-bond acceptors (Lipinski definition) is 5. The van der Waals surface area contributed by atoms with Crippen LogP contribution in [0.2, 0.25) is 0 Å². The average Bonchev–Trinajstić information content (AvgIpc) is 3.15. The van der Waals surface area contributed by atoms with Crippen LogP contribution in [0, 0.1) is 6.92 Å². The van der Waals surface area contributed by atoms with Gasteiger partial charge in [0.05, 0.1) is 33.2 Å². The summed E-state index contributed by atoms with van der Waals surface area (Å²) in [6, 6.07) is 0. The number of rotatable bonds is 5. The van der Waals surface area contributed by atoms with Gasteiger partial charge in [-0.1, -0.05) is 6.08 Å². The number of hydrogen-bond donors (Lipinski definition) is 2. The number of nitrogens with one attached hydrogen (secondary N) is 2. The molecule has 1 saturated carbocycles. The molecule has 1 atom stereocenters. The number of carbonyl (C=O) groups excluding carboxylic acids is 1. The molecule has 0 aromatic carbocycles. The first kappa shape index (κ1) is 22.4. The zero-order chi connectivity index (χ0) is 23.3. The van der Waals surface area contributed by atoms with E-state index in [1.165, 1.54) is 12.5 Å². The van der Waals surface area contributed by atoms with Crippen LogP contribution in [0.25, 0.3) is 11.0 Å². The zero-order valence-corrected chi connectivity index (χ0v) is 17.8. The lowest BCUT2D eigenvalue weighted by molar-refractivity contribution is -0.0329. The summed E-state index contributed by atoms with van der Waals surface area (Å²) in [4.78, 5) is 23.7. The van der Waals surface area contributed by atoms with Crippen molar-refractivity contribution in [3.8, 4) is 0 Å². The maximum absolute atomic E-state index is 15.2. The smallest absolute Gasteiger partial charge is 0.248 e. The minimum Gasteiger partial charge on any atom is -0.345 e. The Hall–Kier alpha value is -2.76. The molecule has 0 amide bonds. The normalized spacial score (nSPS) is 22.2. The number of H-pyrrole nitrogens is 1. The molecule has 12 heteroatoms. The van der Waals surface area contributed by atoms with Gasteiger partial charge in [-0.3, -0.25) is 9.52 Å². The van der Waals surface area contributed by atoms with Crippen LogP contribution in [0.5, 0.6) is 0 Å². The zero-order valence-electron chi connectivity index (χ0n) is 17.0. The van der Waals surface area contributed by atoms with E-state index in [0.717, 1.165) is 6.08 Å². The Bertz CT molecular complexity index is 1240. The number of halogens is 4. The van der Waals surface area contributed by atoms with Crippen LogP contribution in [-0.2, 0) is 10.0 Å². The largest absolute Gasteiger partial charge is 0.345 e. The number of aryl methyl sites for hydroxylation is 1. The van der Waals surface area contributed by atoms with Gasteiger partial charge in [0.1, 0.15) is 18.1 Å². The van der Waals surface area contributed by atoms with Crippen molar-refractivity contribution in [3.63, 3.8) is 0 Å². The number of ketones is 1. The molecule has 2 N–H and O–H groups in total. The first-order valence-corrected chi connectivity index (χ1v) is 11.5. The first-order chi connectivity index (χ1) is 15.0. The third-order valence-corrected chi connectivity index (χ3v) is 7.67. The predicted octanol–water partition coefficient (Wildman–Crippen LogP) is 3.80. The Morgan fingerprint density at radius 1 is 1.25 bits per heavy atom. The molecule has 0 radical (unpaired) electrons. The maximum atomic E-state index is 15.2. The third-order valence-electron chi connectivity index (χ3n) is 5.82. The van der Waals surface area contributed by atoms with E-state index in [1.54, 1.807) is 6.92 Å². The second kappa shape index (κ2) is 7.98. The molecule has 2 aliphatic rings. The van der Waals surface area contributed by atoms with Gasteiger partial charge < -0.3 is 4.98 Å². The van der Waals surface area contributed by atoms with E-state index in [1.807, 2.05) is 4.72 Å². The summed E-state index contributed by atoms with van der Waals surface area (Å²) in [7, 11) is -4.21. The van der Waals surface area contributed by atoms with Gasteiger partial charge in [-0.15, -0.1) is 0 Å². The minimum atomic E-state index is -4.21. The van der Waals surface area contributed by atoms with Crippen molar-refractivity contribution >= 4 is 26.8 Å². The first-order valence-electron chi connectivity index (χ1n) is 9.97. The van der Waals surface area contributed by atoms with Gasteiger partial charge in [0.2, 0.25) is 15.9 Å². The van der Waals surface area contributed by atoms with Gasteiger partial charge in [-0.05, 0) is 19.8 Å². The number of sulfonamides is 1. The highest BCUT2D eigenvalue weighted by molar-refractivity contribution is 7.90.